The maximum Gasteiger partial charge on any atom is 0.339 e. The van der Waals surface area contributed by atoms with E-state index < -0.39 is 5.97 Å². The standard InChI is InChI=1S/C20H19N5O3/c1-13-18-22-17(14-6-4-3-5-7-14)23-25(18)11-10-24(13)19(26)16-9-8-15(12-21-16)20(27)28-2/h3-9,12-13H,10-11H2,1-2H3/t13-/m0/s1. The Morgan fingerprint density at radius 3 is 2.57 bits per heavy atom. The molecule has 0 saturated heterocycles. The lowest BCUT2D eigenvalue weighted by molar-refractivity contribution is 0.0593. The first-order chi connectivity index (χ1) is 13.6. The van der Waals surface area contributed by atoms with Crippen molar-refractivity contribution < 1.29 is 14.3 Å². The van der Waals surface area contributed by atoms with Crippen LogP contribution in [0.5, 0.6) is 0 Å². The maximum absolute atomic E-state index is 12.9. The number of hydrogen-bond acceptors (Lipinski definition) is 6. The summed E-state index contributed by atoms with van der Waals surface area (Å²) in [6.07, 6.45) is 1.35. The lowest BCUT2D eigenvalue weighted by Gasteiger charge is -2.32. The molecule has 1 aromatic carbocycles. The van der Waals surface area contributed by atoms with Crippen LogP contribution in [0.1, 0.15) is 39.6 Å². The summed E-state index contributed by atoms with van der Waals surface area (Å²) < 4.78 is 6.51. The molecule has 8 nitrogen and oxygen atoms in total. The fourth-order valence-corrected chi connectivity index (χ4v) is 3.26. The van der Waals surface area contributed by atoms with Gasteiger partial charge in [0.1, 0.15) is 11.5 Å². The first kappa shape index (κ1) is 17.8. The van der Waals surface area contributed by atoms with E-state index in [2.05, 4.69) is 19.8 Å². The van der Waals surface area contributed by atoms with Gasteiger partial charge in [0.25, 0.3) is 5.91 Å². The zero-order valence-corrected chi connectivity index (χ0v) is 15.6. The second kappa shape index (κ2) is 7.22. The summed E-state index contributed by atoms with van der Waals surface area (Å²) in [6.45, 7) is 2.99. The van der Waals surface area contributed by atoms with Crippen molar-refractivity contribution in [3.05, 3.63) is 65.7 Å². The molecule has 0 unspecified atom stereocenters. The zero-order valence-electron chi connectivity index (χ0n) is 15.6. The Morgan fingerprint density at radius 2 is 1.89 bits per heavy atom. The van der Waals surface area contributed by atoms with Crippen LogP contribution in [0.25, 0.3) is 11.4 Å². The van der Waals surface area contributed by atoms with Crippen LogP contribution in [0.15, 0.2) is 48.7 Å². The van der Waals surface area contributed by atoms with Crippen molar-refractivity contribution in [3.63, 3.8) is 0 Å². The Morgan fingerprint density at radius 1 is 1.11 bits per heavy atom. The molecule has 0 fully saturated rings. The van der Waals surface area contributed by atoms with Crippen LogP contribution in [0.3, 0.4) is 0 Å². The number of carbonyl (C=O) groups excluding carboxylic acids is 2. The van der Waals surface area contributed by atoms with E-state index in [1.807, 2.05) is 41.9 Å². The molecule has 8 heteroatoms. The summed E-state index contributed by atoms with van der Waals surface area (Å²) >= 11 is 0. The molecule has 0 N–H and O–H groups in total. The SMILES string of the molecule is COC(=O)c1ccc(C(=O)N2CCn3nc(-c4ccccc4)nc3[C@@H]2C)nc1. The van der Waals surface area contributed by atoms with Crippen molar-refractivity contribution in [2.45, 2.75) is 19.5 Å². The average molecular weight is 377 g/mol. The molecule has 1 aliphatic heterocycles. The van der Waals surface area contributed by atoms with Gasteiger partial charge < -0.3 is 9.64 Å². The lowest BCUT2D eigenvalue weighted by atomic mass is 10.1. The highest BCUT2D eigenvalue weighted by Gasteiger charge is 2.32. The van der Waals surface area contributed by atoms with Crippen LogP contribution in [0, 0.1) is 0 Å². The number of hydrogen-bond donors (Lipinski definition) is 0. The quantitative estimate of drug-likeness (QED) is 0.651. The van der Waals surface area contributed by atoms with Gasteiger partial charge in [-0.1, -0.05) is 30.3 Å². The summed E-state index contributed by atoms with van der Waals surface area (Å²) in [5, 5.41) is 4.58. The number of fused-ring (bicyclic) bond motifs is 1. The molecular weight excluding hydrogens is 358 g/mol. The number of rotatable bonds is 3. The molecule has 142 valence electrons. The van der Waals surface area contributed by atoms with Gasteiger partial charge in [-0.25, -0.2) is 14.5 Å². The van der Waals surface area contributed by atoms with Crippen molar-refractivity contribution in [1.82, 2.24) is 24.6 Å². The Kier molecular flexibility index (Phi) is 4.60. The summed E-state index contributed by atoms with van der Waals surface area (Å²) in [5.74, 6) is 0.695. The number of methoxy groups -OCH3 is 1. The van der Waals surface area contributed by atoms with E-state index in [4.69, 9.17) is 0 Å². The fourth-order valence-electron chi connectivity index (χ4n) is 3.26. The number of carbonyl (C=O) groups is 2. The van der Waals surface area contributed by atoms with E-state index >= 15 is 0 Å². The van der Waals surface area contributed by atoms with Crippen molar-refractivity contribution in [2.24, 2.45) is 0 Å². The van der Waals surface area contributed by atoms with Gasteiger partial charge in [0.05, 0.1) is 25.3 Å². The smallest absolute Gasteiger partial charge is 0.339 e. The predicted molar refractivity (Wildman–Crippen MR) is 100 cm³/mol. The van der Waals surface area contributed by atoms with E-state index in [1.54, 1.807) is 4.90 Å². The van der Waals surface area contributed by atoms with Crippen molar-refractivity contribution in [2.75, 3.05) is 13.7 Å². The monoisotopic (exact) mass is 377 g/mol. The topological polar surface area (TPSA) is 90.2 Å². The van der Waals surface area contributed by atoms with E-state index in [0.717, 1.165) is 11.4 Å². The van der Waals surface area contributed by atoms with Crippen LogP contribution < -0.4 is 0 Å². The molecule has 0 saturated carbocycles. The molecule has 1 amide bonds. The van der Waals surface area contributed by atoms with E-state index in [0.29, 0.717) is 24.5 Å². The van der Waals surface area contributed by atoms with E-state index in [1.165, 1.54) is 25.4 Å². The predicted octanol–water partition coefficient (Wildman–Crippen LogP) is 2.34. The van der Waals surface area contributed by atoms with Crippen LogP contribution in [-0.4, -0.2) is 50.2 Å². The number of ether oxygens (including phenoxy) is 1. The molecule has 1 aliphatic rings. The highest BCUT2D eigenvalue weighted by molar-refractivity contribution is 5.94. The van der Waals surface area contributed by atoms with Gasteiger partial charge in [-0.05, 0) is 19.1 Å². The number of aromatic nitrogens is 4. The van der Waals surface area contributed by atoms with Gasteiger partial charge in [-0.15, -0.1) is 0 Å². The van der Waals surface area contributed by atoms with Gasteiger partial charge in [0.2, 0.25) is 0 Å². The van der Waals surface area contributed by atoms with Crippen LogP contribution in [0.4, 0.5) is 0 Å². The molecule has 0 spiro atoms. The van der Waals surface area contributed by atoms with Crippen LogP contribution >= 0.6 is 0 Å². The van der Waals surface area contributed by atoms with Crippen LogP contribution in [-0.2, 0) is 11.3 Å². The molecule has 3 heterocycles. The van der Waals surface area contributed by atoms with Gasteiger partial charge in [-0.3, -0.25) is 9.78 Å². The second-order valence-electron chi connectivity index (χ2n) is 6.48. The van der Waals surface area contributed by atoms with Crippen molar-refractivity contribution in [3.8, 4) is 11.4 Å². The lowest BCUT2D eigenvalue weighted by Crippen LogP contribution is -2.41. The molecule has 0 aliphatic carbocycles. The minimum Gasteiger partial charge on any atom is -0.465 e. The number of esters is 1. The fraction of sp³-hybridized carbons (Fsp3) is 0.250. The Bertz CT molecular complexity index is 1010. The average Bonchev–Trinajstić information content (AvgIpc) is 3.19. The molecule has 28 heavy (non-hydrogen) atoms. The third kappa shape index (κ3) is 3.13. The number of amides is 1. The molecular formula is C20H19N5O3. The highest BCUT2D eigenvalue weighted by Crippen LogP contribution is 2.27. The van der Waals surface area contributed by atoms with Gasteiger partial charge in [-0.2, -0.15) is 5.10 Å². The molecule has 0 bridgehead atoms. The zero-order chi connectivity index (χ0) is 19.7. The van der Waals surface area contributed by atoms with Gasteiger partial charge in [0, 0.05) is 18.3 Å². The maximum atomic E-state index is 12.9. The van der Waals surface area contributed by atoms with E-state index in [9.17, 15) is 9.59 Å². The molecule has 2 aromatic heterocycles. The van der Waals surface area contributed by atoms with Gasteiger partial charge >= 0.3 is 5.97 Å². The Hall–Kier alpha value is -3.55. The number of pyridine rings is 1. The van der Waals surface area contributed by atoms with Crippen molar-refractivity contribution in [1.29, 1.82) is 0 Å². The van der Waals surface area contributed by atoms with Crippen molar-refractivity contribution >= 4 is 11.9 Å². The minimum atomic E-state index is -0.487. The third-order valence-corrected chi connectivity index (χ3v) is 4.79. The first-order valence-corrected chi connectivity index (χ1v) is 8.94. The molecule has 1 atom stereocenters. The summed E-state index contributed by atoms with van der Waals surface area (Å²) in [4.78, 5) is 35.0. The summed E-state index contributed by atoms with van der Waals surface area (Å²) in [6, 6.07) is 12.6. The normalized spacial score (nSPS) is 15.8. The summed E-state index contributed by atoms with van der Waals surface area (Å²) in [7, 11) is 1.30. The largest absolute Gasteiger partial charge is 0.465 e. The highest BCUT2D eigenvalue weighted by atomic mass is 16.5. The number of nitrogens with zero attached hydrogens (tertiary/aromatic N) is 5. The second-order valence-corrected chi connectivity index (χ2v) is 6.48. The third-order valence-electron chi connectivity index (χ3n) is 4.79. The van der Waals surface area contributed by atoms with Crippen LogP contribution in [0.2, 0.25) is 0 Å². The number of benzene rings is 1. The Balaban J connectivity index is 1.57. The molecule has 3 aromatic rings. The van der Waals surface area contributed by atoms with Gasteiger partial charge in [0.15, 0.2) is 5.82 Å². The Labute approximate surface area is 161 Å². The minimum absolute atomic E-state index is 0.209. The molecule has 4 rings (SSSR count). The summed E-state index contributed by atoms with van der Waals surface area (Å²) in [5.41, 5.74) is 1.52. The van der Waals surface area contributed by atoms with E-state index in [-0.39, 0.29) is 17.6 Å². The molecule has 0 radical (unpaired) electrons. The first-order valence-electron chi connectivity index (χ1n) is 8.94.